The van der Waals surface area contributed by atoms with E-state index in [0.717, 1.165) is 31.5 Å². The monoisotopic (exact) mass is 376 g/mol. The van der Waals surface area contributed by atoms with Crippen LogP contribution in [0.1, 0.15) is 38.2 Å². The molecule has 0 radical (unpaired) electrons. The Morgan fingerprint density at radius 1 is 1.29 bits per heavy atom. The average Bonchev–Trinajstić information content (AvgIpc) is 2.54. The smallest absolute Gasteiger partial charge is 0.240 e. The van der Waals surface area contributed by atoms with Gasteiger partial charge in [-0.05, 0) is 49.5 Å². The Bertz CT molecular complexity index is 609. The van der Waals surface area contributed by atoms with Gasteiger partial charge in [0, 0.05) is 19.1 Å². The van der Waals surface area contributed by atoms with E-state index in [1.54, 1.807) is 25.3 Å². The molecular weight excluding hydrogens is 348 g/mol. The highest BCUT2D eigenvalue weighted by molar-refractivity contribution is 7.89. The lowest BCUT2D eigenvalue weighted by Crippen LogP contribution is -2.47. The molecule has 0 aromatic heterocycles. The number of nitrogens with one attached hydrogen (secondary N) is 2. The van der Waals surface area contributed by atoms with E-state index in [0.29, 0.717) is 24.0 Å². The van der Waals surface area contributed by atoms with Crippen LogP contribution in [-0.4, -0.2) is 41.8 Å². The summed E-state index contributed by atoms with van der Waals surface area (Å²) < 4.78 is 33.4. The van der Waals surface area contributed by atoms with Gasteiger partial charge >= 0.3 is 0 Å². The number of hydrogen-bond acceptors (Lipinski definition) is 4. The van der Waals surface area contributed by atoms with Crippen molar-refractivity contribution in [1.82, 2.24) is 10.0 Å². The fourth-order valence-corrected chi connectivity index (χ4v) is 4.22. The lowest BCUT2D eigenvalue weighted by atomic mass is 9.80. The van der Waals surface area contributed by atoms with Crippen LogP contribution in [0.5, 0.6) is 0 Å². The molecule has 1 aromatic carbocycles. The fourth-order valence-electron chi connectivity index (χ4n) is 3.01. The Morgan fingerprint density at radius 3 is 2.54 bits per heavy atom. The van der Waals surface area contributed by atoms with Crippen molar-refractivity contribution in [2.24, 2.45) is 5.41 Å². The molecule has 0 saturated carbocycles. The van der Waals surface area contributed by atoms with E-state index in [2.05, 4.69) is 23.9 Å². The second-order valence-electron chi connectivity index (χ2n) is 6.73. The molecule has 0 amide bonds. The van der Waals surface area contributed by atoms with Crippen LogP contribution in [0.4, 0.5) is 0 Å². The lowest BCUT2D eigenvalue weighted by Gasteiger charge is -2.37. The molecule has 138 valence electrons. The maximum atomic E-state index is 12.6. The van der Waals surface area contributed by atoms with Crippen molar-refractivity contribution < 1.29 is 13.2 Å². The van der Waals surface area contributed by atoms with Crippen LogP contribution in [0.3, 0.4) is 0 Å². The number of halogens is 1. The summed E-state index contributed by atoms with van der Waals surface area (Å²) in [6.45, 7) is 6.89. The van der Waals surface area contributed by atoms with Gasteiger partial charge in [-0.15, -0.1) is 12.4 Å². The van der Waals surface area contributed by atoms with Gasteiger partial charge in [-0.3, -0.25) is 0 Å². The molecule has 0 bridgehead atoms. The minimum Gasteiger partial charge on any atom is -0.384 e. The quantitative estimate of drug-likeness (QED) is 0.767. The summed E-state index contributed by atoms with van der Waals surface area (Å²) in [7, 11) is -1.83. The third kappa shape index (κ3) is 5.43. The Hall–Kier alpha value is -0.660. The molecule has 24 heavy (non-hydrogen) atoms. The summed E-state index contributed by atoms with van der Waals surface area (Å²) in [4.78, 5) is 0.338. The number of hydrogen-bond donors (Lipinski definition) is 2. The zero-order valence-electron chi connectivity index (χ0n) is 14.7. The van der Waals surface area contributed by atoms with Gasteiger partial charge in [0.1, 0.15) is 0 Å². The second-order valence-corrected chi connectivity index (χ2v) is 8.50. The molecule has 0 unspecified atom stereocenters. The Morgan fingerprint density at radius 2 is 1.96 bits per heavy atom. The van der Waals surface area contributed by atoms with Crippen molar-refractivity contribution in [3.8, 4) is 0 Å². The van der Waals surface area contributed by atoms with Gasteiger partial charge in [-0.2, -0.15) is 0 Å². The van der Waals surface area contributed by atoms with Crippen molar-refractivity contribution in [2.75, 3.05) is 33.4 Å². The SMILES string of the molecule is COCC1(CNS(=O)(=O)c2cccc(C(C)C)c2)CCNCC1.Cl. The largest absolute Gasteiger partial charge is 0.384 e. The molecule has 5 nitrogen and oxygen atoms in total. The van der Waals surface area contributed by atoms with Crippen LogP contribution in [0.25, 0.3) is 0 Å². The molecular formula is C17H29ClN2O3S. The van der Waals surface area contributed by atoms with Gasteiger partial charge in [0.25, 0.3) is 0 Å². The van der Waals surface area contributed by atoms with E-state index in [1.165, 1.54) is 0 Å². The summed E-state index contributed by atoms with van der Waals surface area (Å²) in [5, 5.41) is 3.31. The van der Waals surface area contributed by atoms with Crippen LogP contribution in [0, 0.1) is 5.41 Å². The van der Waals surface area contributed by atoms with Gasteiger partial charge in [0.15, 0.2) is 0 Å². The predicted molar refractivity (Wildman–Crippen MR) is 99.4 cm³/mol. The van der Waals surface area contributed by atoms with Crippen molar-refractivity contribution in [2.45, 2.75) is 37.5 Å². The van der Waals surface area contributed by atoms with E-state index in [1.807, 2.05) is 6.07 Å². The molecule has 1 aromatic rings. The number of ether oxygens (including phenoxy) is 1. The first-order chi connectivity index (χ1) is 10.9. The highest BCUT2D eigenvalue weighted by Gasteiger charge is 2.33. The summed E-state index contributed by atoms with van der Waals surface area (Å²) in [5.74, 6) is 0.300. The normalized spacial score (nSPS) is 17.5. The fraction of sp³-hybridized carbons (Fsp3) is 0.647. The number of sulfonamides is 1. The first kappa shape index (κ1) is 21.4. The van der Waals surface area contributed by atoms with Crippen molar-refractivity contribution in [3.63, 3.8) is 0 Å². The molecule has 1 fully saturated rings. The average molecular weight is 377 g/mol. The van der Waals surface area contributed by atoms with E-state index in [9.17, 15) is 8.42 Å². The topological polar surface area (TPSA) is 67.4 Å². The van der Waals surface area contributed by atoms with Crippen LogP contribution >= 0.6 is 12.4 Å². The minimum absolute atomic E-state index is 0. The molecule has 1 aliphatic rings. The summed E-state index contributed by atoms with van der Waals surface area (Å²) in [6, 6.07) is 7.18. The Kier molecular flexibility index (Phi) is 8.15. The summed E-state index contributed by atoms with van der Waals surface area (Å²) >= 11 is 0. The van der Waals surface area contributed by atoms with Gasteiger partial charge in [-0.25, -0.2) is 13.1 Å². The molecule has 1 heterocycles. The maximum absolute atomic E-state index is 12.6. The number of methoxy groups -OCH3 is 1. The summed E-state index contributed by atoms with van der Waals surface area (Å²) in [6.07, 6.45) is 1.82. The molecule has 0 aliphatic carbocycles. The van der Waals surface area contributed by atoms with Crippen LogP contribution in [0.15, 0.2) is 29.2 Å². The lowest BCUT2D eigenvalue weighted by molar-refractivity contribution is 0.0577. The van der Waals surface area contributed by atoms with Crippen molar-refractivity contribution in [3.05, 3.63) is 29.8 Å². The zero-order valence-corrected chi connectivity index (χ0v) is 16.3. The molecule has 0 atom stereocenters. The maximum Gasteiger partial charge on any atom is 0.240 e. The predicted octanol–water partition coefficient (Wildman–Crippen LogP) is 2.53. The van der Waals surface area contributed by atoms with Crippen LogP contribution in [-0.2, 0) is 14.8 Å². The van der Waals surface area contributed by atoms with Gasteiger partial charge < -0.3 is 10.1 Å². The number of piperidine rings is 1. The highest BCUT2D eigenvalue weighted by Crippen LogP contribution is 2.29. The standard InChI is InChI=1S/C17H28N2O3S.ClH/c1-14(2)15-5-4-6-16(11-15)23(20,21)19-12-17(13-22-3)7-9-18-10-8-17;/h4-6,11,14,18-19H,7-10,12-13H2,1-3H3;1H. The minimum atomic E-state index is -3.50. The number of benzene rings is 1. The molecule has 2 rings (SSSR count). The first-order valence-corrected chi connectivity index (χ1v) is 9.66. The Labute approximate surface area is 152 Å². The van der Waals surface area contributed by atoms with Gasteiger partial charge in [-0.1, -0.05) is 26.0 Å². The molecule has 1 saturated heterocycles. The second kappa shape index (κ2) is 9.15. The molecule has 1 aliphatic heterocycles. The third-order valence-corrected chi connectivity index (χ3v) is 5.99. The van der Waals surface area contributed by atoms with Gasteiger partial charge in [0.2, 0.25) is 10.0 Å². The highest BCUT2D eigenvalue weighted by atomic mass is 35.5. The Balaban J connectivity index is 0.00000288. The van der Waals surface area contributed by atoms with Crippen molar-refractivity contribution in [1.29, 1.82) is 0 Å². The number of rotatable bonds is 7. The van der Waals surface area contributed by atoms with Crippen LogP contribution in [0.2, 0.25) is 0 Å². The van der Waals surface area contributed by atoms with Crippen LogP contribution < -0.4 is 10.0 Å². The molecule has 7 heteroatoms. The molecule has 2 N–H and O–H groups in total. The van der Waals surface area contributed by atoms with Crippen molar-refractivity contribution >= 4 is 22.4 Å². The first-order valence-electron chi connectivity index (χ1n) is 8.18. The van der Waals surface area contributed by atoms with E-state index in [4.69, 9.17) is 4.74 Å². The van der Waals surface area contributed by atoms with Gasteiger partial charge in [0.05, 0.1) is 11.5 Å². The van der Waals surface area contributed by atoms with E-state index < -0.39 is 10.0 Å². The van der Waals surface area contributed by atoms with E-state index >= 15 is 0 Å². The summed E-state index contributed by atoms with van der Waals surface area (Å²) in [5.41, 5.74) is 0.907. The van der Waals surface area contributed by atoms with E-state index in [-0.39, 0.29) is 17.8 Å². The third-order valence-electron chi connectivity index (χ3n) is 4.59. The zero-order chi connectivity index (χ0) is 16.9. The molecule has 0 spiro atoms.